The van der Waals surface area contributed by atoms with Crippen molar-refractivity contribution in [3.8, 4) is 23.0 Å². The van der Waals surface area contributed by atoms with Gasteiger partial charge in [0, 0.05) is 55.5 Å². The molecule has 4 heterocycles. The van der Waals surface area contributed by atoms with Gasteiger partial charge in [0.2, 0.25) is 0 Å². The molecule has 2 aliphatic heterocycles. The molecule has 4 nitrogen and oxygen atoms in total. The summed E-state index contributed by atoms with van der Waals surface area (Å²) in [6.07, 6.45) is 6.57. The summed E-state index contributed by atoms with van der Waals surface area (Å²) in [5.41, 5.74) is 8.98. The van der Waals surface area contributed by atoms with E-state index >= 15 is 0 Å². The van der Waals surface area contributed by atoms with Crippen molar-refractivity contribution in [3.05, 3.63) is 40.3 Å². The lowest BCUT2D eigenvalue weighted by Gasteiger charge is -2.44. The Labute approximate surface area is 176 Å². The van der Waals surface area contributed by atoms with Gasteiger partial charge in [0.05, 0.1) is 5.54 Å². The number of aliphatic imine (C=N–C) groups is 1. The fourth-order valence-corrected chi connectivity index (χ4v) is 8.52. The van der Waals surface area contributed by atoms with E-state index in [-0.39, 0.29) is 10.3 Å². The van der Waals surface area contributed by atoms with Gasteiger partial charge in [-0.15, -0.1) is 17.3 Å². The zero-order chi connectivity index (χ0) is 19.8. The molecule has 2 aromatic heterocycles. The average Bonchev–Trinajstić information content (AvgIpc) is 3.12. The summed E-state index contributed by atoms with van der Waals surface area (Å²) in [6, 6.07) is 4.27. The third-order valence-electron chi connectivity index (χ3n) is 5.24. The minimum atomic E-state index is -0.760. The molecular weight excluding hydrogens is 406 g/mol. The SMILES string of the molecule is CC#Cc1cncc(-c2csc(C3(C)CC4(CCCS(=O)C4)SC(N)=N3)c2)c1. The van der Waals surface area contributed by atoms with E-state index in [0.29, 0.717) is 10.9 Å². The van der Waals surface area contributed by atoms with Gasteiger partial charge in [-0.05, 0) is 56.2 Å². The molecule has 3 unspecified atom stereocenters. The smallest absolute Gasteiger partial charge is 0.155 e. The normalized spacial score (nSPS) is 29.8. The molecule has 2 aromatic rings. The van der Waals surface area contributed by atoms with Crippen molar-refractivity contribution in [2.45, 2.75) is 43.4 Å². The van der Waals surface area contributed by atoms with E-state index in [4.69, 9.17) is 10.7 Å². The van der Waals surface area contributed by atoms with E-state index < -0.39 is 10.8 Å². The number of hydrogen-bond donors (Lipinski definition) is 1. The number of nitrogens with two attached hydrogens (primary N) is 1. The van der Waals surface area contributed by atoms with E-state index in [1.54, 1.807) is 29.3 Å². The van der Waals surface area contributed by atoms with E-state index in [0.717, 1.165) is 41.7 Å². The number of aromatic nitrogens is 1. The Bertz CT molecular complexity index is 1020. The van der Waals surface area contributed by atoms with E-state index in [1.807, 2.05) is 13.1 Å². The van der Waals surface area contributed by atoms with Gasteiger partial charge in [-0.2, -0.15) is 0 Å². The Kier molecular flexibility index (Phi) is 5.38. The predicted octanol–water partition coefficient (Wildman–Crippen LogP) is 4.13. The zero-order valence-corrected chi connectivity index (χ0v) is 18.5. The standard InChI is InChI=1S/C21H23N3OS3/c1-3-5-15-8-16(11-23-10-15)17-9-18(26-12-17)20(2)13-21(27-19(22)24-20)6-4-7-28(25)14-21/h8-12H,4,6-7,13-14H2,1-2H3,(H2,22,24). The van der Waals surface area contributed by atoms with Crippen LogP contribution in [0.2, 0.25) is 0 Å². The number of amidine groups is 1. The number of thioether (sulfide) groups is 1. The Balaban J connectivity index is 1.67. The third kappa shape index (κ3) is 3.91. The van der Waals surface area contributed by atoms with Crippen molar-refractivity contribution in [1.82, 2.24) is 4.98 Å². The second-order valence-electron chi connectivity index (χ2n) is 7.61. The molecule has 0 aliphatic carbocycles. The summed E-state index contributed by atoms with van der Waals surface area (Å²) in [5.74, 6) is 7.51. The Morgan fingerprint density at radius 3 is 2.93 bits per heavy atom. The number of thiophene rings is 1. The maximum absolute atomic E-state index is 12.3. The Morgan fingerprint density at radius 2 is 2.14 bits per heavy atom. The van der Waals surface area contributed by atoms with Crippen LogP contribution >= 0.6 is 23.1 Å². The first-order valence-electron chi connectivity index (χ1n) is 9.28. The van der Waals surface area contributed by atoms with E-state index in [9.17, 15) is 4.21 Å². The molecule has 7 heteroatoms. The predicted molar refractivity (Wildman–Crippen MR) is 121 cm³/mol. The van der Waals surface area contributed by atoms with E-state index in [2.05, 4.69) is 41.3 Å². The first kappa shape index (κ1) is 19.7. The molecule has 0 amide bonds. The summed E-state index contributed by atoms with van der Waals surface area (Å²) in [5, 5.41) is 2.77. The average molecular weight is 430 g/mol. The third-order valence-corrected chi connectivity index (χ3v) is 9.45. The second-order valence-corrected chi connectivity index (χ2v) is 11.6. The van der Waals surface area contributed by atoms with Crippen LogP contribution in [0.1, 0.15) is 43.6 Å². The first-order chi connectivity index (χ1) is 13.4. The molecule has 28 heavy (non-hydrogen) atoms. The van der Waals surface area contributed by atoms with Gasteiger partial charge >= 0.3 is 0 Å². The summed E-state index contributed by atoms with van der Waals surface area (Å²) in [6.45, 7) is 3.99. The maximum Gasteiger partial charge on any atom is 0.155 e. The summed E-state index contributed by atoms with van der Waals surface area (Å²) in [7, 11) is -0.760. The van der Waals surface area contributed by atoms with Gasteiger partial charge in [-0.3, -0.25) is 14.2 Å². The molecular formula is C21H23N3OS3. The Morgan fingerprint density at radius 1 is 1.29 bits per heavy atom. The van der Waals surface area contributed by atoms with Gasteiger partial charge in [-0.25, -0.2) is 0 Å². The van der Waals surface area contributed by atoms with Crippen LogP contribution in [0, 0.1) is 11.8 Å². The zero-order valence-electron chi connectivity index (χ0n) is 16.0. The maximum atomic E-state index is 12.3. The molecule has 0 saturated carbocycles. The van der Waals surface area contributed by atoms with Gasteiger partial charge in [0.25, 0.3) is 0 Å². The topological polar surface area (TPSA) is 68.3 Å². The van der Waals surface area contributed by atoms with Crippen LogP contribution in [0.3, 0.4) is 0 Å². The molecule has 0 aromatic carbocycles. The minimum Gasteiger partial charge on any atom is -0.378 e. The lowest BCUT2D eigenvalue weighted by molar-refractivity contribution is 0.376. The number of nitrogens with zero attached hydrogens (tertiary/aromatic N) is 2. The van der Waals surface area contributed by atoms with Crippen molar-refractivity contribution < 1.29 is 4.21 Å². The van der Waals surface area contributed by atoms with Gasteiger partial charge in [-0.1, -0.05) is 17.7 Å². The molecule has 0 bridgehead atoms. The highest BCUT2D eigenvalue weighted by Gasteiger charge is 2.47. The fourth-order valence-electron chi connectivity index (χ4n) is 4.13. The fraction of sp³-hybridized carbons (Fsp3) is 0.429. The van der Waals surface area contributed by atoms with Crippen LogP contribution in [0.15, 0.2) is 34.9 Å². The molecule has 2 aliphatic rings. The lowest BCUT2D eigenvalue weighted by Crippen LogP contribution is -2.47. The number of rotatable bonds is 2. The van der Waals surface area contributed by atoms with Crippen molar-refractivity contribution in [2.75, 3.05) is 11.5 Å². The lowest BCUT2D eigenvalue weighted by atomic mass is 9.85. The monoisotopic (exact) mass is 429 g/mol. The van der Waals surface area contributed by atoms with Crippen molar-refractivity contribution in [3.63, 3.8) is 0 Å². The molecule has 0 radical (unpaired) electrons. The van der Waals surface area contributed by atoms with Gasteiger partial charge in [0.15, 0.2) is 5.17 Å². The van der Waals surface area contributed by atoms with Gasteiger partial charge < -0.3 is 5.73 Å². The van der Waals surface area contributed by atoms with E-state index in [1.165, 1.54) is 4.88 Å². The van der Waals surface area contributed by atoms with Crippen LogP contribution in [-0.4, -0.2) is 30.6 Å². The van der Waals surface area contributed by atoms with Crippen molar-refractivity contribution >= 4 is 39.1 Å². The van der Waals surface area contributed by atoms with Crippen LogP contribution in [0.5, 0.6) is 0 Å². The molecule has 1 spiro atoms. The highest BCUT2D eigenvalue weighted by molar-refractivity contribution is 8.15. The molecule has 4 rings (SSSR count). The van der Waals surface area contributed by atoms with Gasteiger partial charge in [0.1, 0.15) is 0 Å². The van der Waals surface area contributed by atoms with Crippen LogP contribution in [-0.2, 0) is 16.3 Å². The number of pyridine rings is 1. The quantitative estimate of drug-likeness (QED) is 0.729. The number of hydrogen-bond acceptors (Lipinski definition) is 6. The molecule has 1 saturated heterocycles. The highest BCUT2D eigenvalue weighted by atomic mass is 32.2. The summed E-state index contributed by atoms with van der Waals surface area (Å²) < 4.78 is 12.2. The summed E-state index contributed by atoms with van der Waals surface area (Å²) >= 11 is 3.34. The molecule has 1 fully saturated rings. The largest absolute Gasteiger partial charge is 0.378 e. The Hall–Kier alpha value is -1.62. The van der Waals surface area contributed by atoms with Crippen LogP contribution in [0.25, 0.3) is 11.1 Å². The van der Waals surface area contributed by atoms with Crippen LogP contribution < -0.4 is 5.73 Å². The molecule has 2 N–H and O–H groups in total. The van der Waals surface area contributed by atoms with Crippen molar-refractivity contribution in [1.29, 1.82) is 0 Å². The molecule has 3 atom stereocenters. The minimum absolute atomic E-state index is 0.0635. The second kappa shape index (κ2) is 7.66. The highest BCUT2D eigenvalue weighted by Crippen LogP contribution is 2.50. The first-order valence-corrected chi connectivity index (χ1v) is 12.5. The molecule has 146 valence electrons. The summed E-state index contributed by atoms with van der Waals surface area (Å²) in [4.78, 5) is 10.4. The van der Waals surface area contributed by atoms with Crippen LogP contribution in [0.4, 0.5) is 0 Å². The van der Waals surface area contributed by atoms with Crippen molar-refractivity contribution in [2.24, 2.45) is 10.7 Å².